The van der Waals surface area contributed by atoms with Crippen molar-refractivity contribution in [2.24, 2.45) is 0 Å². The minimum atomic E-state index is -0.406. The van der Waals surface area contributed by atoms with Gasteiger partial charge in [0.25, 0.3) is 0 Å². The van der Waals surface area contributed by atoms with Gasteiger partial charge in [-0.1, -0.05) is 0 Å². The second kappa shape index (κ2) is 6.80. The fourth-order valence-corrected chi connectivity index (χ4v) is 1.63. The van der Waals surface area contributed by atoms with Crippen LogP contribution in [-0.2, 0) is 11.3 Å². The zero-order valence-electron chi connectivity index (χ0n) is 10.4. The van der Waals surface area contributed by atoms with E-state index in [4.69, 9.17) is 5.11 Å². The second-order valence-corrected chi connectivity index (χ2v) is 4.03. The lowest BCUT2D eigenvalue weighted by molar-refractivity contribution is -0.118. The van der Waals surface area contributed by atoms with E-state index in [9.17, 15) is 14.7 Å². The zero-order chi connectivity index (χ0) is 13.5. The molecule has 1 heterocycles. The van der Waals surface area contributed by atoms with Crippen molar-refractivity contribution >= 4 is 6.41 Å². The standard InChI is InChI=1S/C12H18N2O4/c1-10-12(18)11(17)3-5-14(10)7-6-13(9-16)4-2-8-15/h3,5,9,15,18H,2,4,6-8H2,1H3. The Hall–Kier alpha value is -1.82. The molecular formula is C12H18N2O4. The molecule has 100 valence electrons. The van der Waals surface area contributed by atoms with Crippen molar-refractivity contribution in [2.45, 2.75) is 19.9 Å². The number of carbonyl (C=O) groups excluding carboxylic acids is 1. The van der Waals surface area contributed by atoms with Crippen molar-refractivity contribution in [3.05, 3.63) is 28.2 Å². The van der Waals surface area contributed by atoms with Gasteiger partial charge in [0, 0.05) is 38.5 Å². The molecule has 0 aliphatic rings. The molecule has 6 nitrogen and oxygen atoms in total. The summed E-state index contributed by atoms with van der Waals surface area (Å²) in [5.74, 6) is -0.259. The van der Waals surface area contributed by atoms with E-state index in [1.54, 1.807) is 22.6 Å². The number of hydrogen-bond acceptors (Lipinski definition) is 4. The fraction of sp³-hybridized carbons (Fsp3) is 0.500. The van der Waals surface area contributed by atoms with Gasteiger partial charge in [-0.05, 0) is 13.3 Å². The number of aromatic nitrogens is 1. The van der Waals surface area contributed by atoms with Crippen LogP contribution in [0.3, 0.4) is 0 Å². The van der Waals surface area contributed by atoms with E-state index in [0.717, 1.165) is 6.41 Å². The van der Waals surface area contributed by atoms with Crippen LogP contribution in [0.25, 0.3) is 0 Å². The first kappa shape index (κ1) is 14.2. The molecular weight excluding hydrogens is 236 g/mol. The molecule has 0 unspecified atom stereocenters. The van der Waals surface area contributed by atoms with E-state index >= 15 is 0 Å². The molecule has 0 aromatic carbocycles. The normalized spacial score (nSPS) is 10.3. The summed E-state index contributed by atoms with van der Waals surface area (Å²) < 4.78 is 1.71. The third-order valence-electron chi connectivity index (χ3n) is 2.79. The molecule has 0 radical (unpaired) electrons. The molecule has 1 amide bonds. The summed E-state index contributed by atoms with van der Waals surface area (Å²) in [5, 5.41) is 18.2. The Balaban J connectivity index is 2.65. The van der Waals surface area contributed by atoms with Crippen molar-refractivity contribution in [1.29, 1.82) is 0 Å². The smallest absolute Gasteiger partial charge is 0.223 e. The van der Waals surface area contributed by atoms with Crippen molar-refractivity contribution in [1.82, 2.24) is 9.47 Å². The molecule has 2 N–H and O–H groups in total. The largest absolute Gasteiger partial charge is 0.503 e. The van der Waals surface area contributed by atoms with Crippen LogP contribution in [0.5, 0.6) is 5.75 Å². The maximum absolute atomic E-state index is 11.2. The van der Waals surface area contributed by atoms with Gasteiger partial charge < -0.3 is 19.7 Å². The summed E-state index contributed by atoms with van der Waals surface area (Å²) >= 11 is 0. The number of amides is 1. The van der Waals surface area contributed by atoms with Crippen LogP contribution in [0.4, 0.5) is 0 Å². The molecule has 0 saturated carbocycles. The van der Waals surface area contributed by atoms with E-state index in [1.165, 1.54) is 6.07 Å². The highest BCUT2D eigenvalue weighted by atomic mass is 16.3. The highest BCUT2D eigenvalue weighted by molar-refractivity contribution is 5.46. The van der Waals surface area contributed by atoms with Gasteiger partial charge in [0.2, 0.25) is 11.8 Å². The van der Waals surface area contributed by atoms with Gasteiger partial charge in [-0.25, -0.2) is 0 Å². The first-order chi connectivity index (χ1) is 8.60. The Morgan fingerprint density at radius 1 is 1.44 bits per heavy atom. The highest BCUT2D eigenvalue weighted by Crippen LogP contribution is 2.08. The van der Waals surface area contributed by atoms with Crippen LogP contribution in [0, 0.1) is 6.92 Å². The summed E-state index contributed by atoms with van der Waals surface area (Å²) in [5.41, 5.74) is 0.0757. The van der Waals surface area contributed by atoms with Crippen LogP contribution in [0.2, 0.25) is 0 Å². The maximum Gasteiger partial charge on any atom is 0.223 e. The number of pyridine rings is 1. The number of aliphatic hydroxyl groups is 1. The first-order valence-corrected chi connectivity index (χ1v) is 5.79. The molecule has 0 aliphatic carbocycles. The van der Waals surface area contributed by atoms with Gasteiger partial charge in [0.05, 0.1) is 5.69 Å². The molecule has 0 aliphatic heterocycles. The summed E-state index contributed by atoms with van der Waals surface area (Å²) in [4.78, 5) is 23.5. The lowest BCUT2D eigenvalue weighted by atomic mass is 10.3. The molecule has 0 fully saturated rings. The molecule has 1 aromatic heterocycles. The van der Waals surface area contributed by atoms with E-state index < -0.39 is 5.43 Å². The number of nitrogens with zero attached hydrogens (tertiary/aromatic N) is 2. The molecule has 1 aromatic rings. The van der Waals surface area contributed by atoms with Crippen LogP contribution < -0.4 is 5.43 Å². The Kier molecular flexibility index (Phi) is 5.38. The van der Waals surface area contributed by atoms with Gasteiger partial charge >= 0.3 is 0 Å². The van der Waals surface area contributed by atoms with E-state index in [-0.39, 0.29) is 12.4 Å². The van der Waals surface area contributed by atoms with Crippen molar-refractivity contribution < 1.29 is 15.0 Å². The van der Waals surface area contributed by atoms with Gasteiger partial charge in [-0.3, -0.25) is 9.59 Å². The molecule has 0 bridgehead atoms. The molecule has 0 saturated heterocycles. The van der Waals surface area contributed by atoms with E-state index in [1.807, 2.05) is 0 Å². The molecule has 0 atom stereocenters. The molecule has 1 rings (SSSR count). The van der Waals surface area contributed by atoms with Gasteiger partial charge in [-0.2, -0.15) is 0 Å². The summed E-state index contributed by atoms with van der Waals surface area (Å²) in [6, 6.07) is 1.29. The number of carbonyl (C=O) groups is 1. The summed E-state index contributed by atoms with van der Waals surface area (Å²) in [6.45, 7) is 3.14. The fourth-order valence-electron chi connectivity index (χ4n) is 1.63. The van der Waals surface area contributed by atoms with Crippen molar-refractivity contribution in [2.75, 3.05) is 19.7 Å². The van der Waals surface area contributed by atoms with Gasteiger partial charge in [0.15, 0.2) is 5.75 Å². The zero-order valence-corrected chi connectivity index (χ0v) is 10.4. The summed E-state index contributed by atoms with van der Waals surface area (Å²) in [7, 11) is 0. The third kappa shape index (κ3) is 3.59. The Morgan fingerprint density at radius 2 is 2.17 bits per heavy atom. The number of rotatable bonds is 7. The third-order valence-corrected chi connectivity index (χ3v) is 2.79. The molecule has 18 heavy (non-hydrogen) atoms. The van der Waals surface area contributed by atoms with E-state index in [0.29, 0.717) is 31.7 Å². The van der Waals surface area contributed by atoms with E-state index in [2.05, 4.69) is 0 Å². The van der Waals surface area contributed by atoms with Crippen LogP contribution in [-0.4, -0.2) is 45.8 Å². The summed E-state index contributed by atoms with van der Waals surface area (Å²) in [6.07, 6.45) is 2.85. The van der Waals surface area contributed by atoms with Crippen molar-refractivity contribution in [3.63, 3.8) is 0 Å². The first-order valence-electron chi connectivity index (χ1n) is 5.79. The van der Waals surface area contributed by atoms with Crippen LogP contribution in [0.1, 0.15) is 12.1 Å². The second-order valence-electron chi connectivity index (χ2n) is 4.03. The number of hydrogen-bond donors (Lipinski definition) is 2. The lowest BCUT2D eigenvalue weighted by Crippen LogP contribution is -2.28. The number of aliphatic hydroxyl groups excluding tert-OH is 1. The lowest BCUT2D eigenvalue weighted by Gasteiger charge is -2.19. The number of aromatic hydroxyl groups is 1. The predicted octanol–water partition coefficient (Wildman–Crippen LogP) is -0.297. The maximum atomic E-state index is 11.2. The predicted molar refractivity (Wildman–Crippen MR) is 66.4 cm³/mol. The highest BCUT2D eigenvalue weighted by Gasteiger charge is 2.06. The van der Waals surface area contributed by atoms with Crippen LogP contribution in [0.15, 0.2) is 17.1 Å². The monoisotopic (exact) mass is 254 g/mol. The van der Waals surface area contributed by atoms with Gasteiger partial charge in [0.1, 0.15) is 0 Å². The molecule has 0 spiro atoms. The Labute approximate surface area is 105 Å². The van der Waals surface area contributed by atoms with Crippen molar-refractivity contribution in [3.8, 4) is 5.75 Å². The Bertz CT molecular complexity index is 456. The minimum Gasteiger partial charge on any atom is -0.503 e. The Morgan fingerprint density at radius 3 is 2.78 bits per heavy atom. The SMILES string of the molecule is Cc1c(O)c(=O)ccn1CCN(C=O)CCCO. The molecule has 6 heteroatoms. The average molecular weight is 254 g/mol. The quantitative estimate of drug-likeness (QED) is 0.655. The average Bonchev–Trinajstić information content (AvgIpc) is 2.38. The topological polar surface area (TPSA) is 82.8 Å². The van der Waals surface area contributed by atoms with Crippen LogP contribution >= 0.6 is 0 Å². The minimum absolute atomic E-state index is 0.0438. The van der Waals surface area contributed by atoms with Gasteiger partial charge in [-0.15, -0.1) is 0 Å².